The second-order valence-electron chi connectivity index (χ2n) is 6.90. The van der Waals surface area contributed by atoms with Crippen LogP contribution < -0.4 is 10.1 Å². The van der Waals surface area contributed by atoms with E-state index >= 15 is 0 Å². The Morgan fingerprint density at radius 3 is 2.57 bits per heavy atom. The minimum absolute atomic E-state index is 0.00600. The third-order valence-electron chi connectivity index (χ3n) is 5.21. The van der Waals surface area contributed by atoms with E-state index in [0.29, 0.717) is 6.42 Å². The highest BCUT2D eigenvalue weighted by atomic mass is 16.5. The Balaban J connectivity index is 1.88. The molecule has 0 fully saturated rings. The fraction of sp³-hybridized carbons (Fsp3) is 0.217. The van der Waals surface area contributed by atoms with Crippen molar-refractivity contribution in [2.75, 3.05) is 12.4 Å². The lowest BCUT2D eigenvalue weighted by molar-refractivity contribution is -0.115. The van der Waals surface area contributed by atoms with Crippen LogP contribution in [0.3, 0.4) is 0 Å². The molecule has 0 unspecified atom stereocenters. The van der Waals surface area contributed by atoms with E-state index in [9.17, 15) is 4.79 Å². The maximum Gasteiger partial charge on any atom is 0.224 e. The van der Waals surface area contributed by atoms with E-state index < -0.39 is 0 Å². The van der Waals surface area contributed by atoms with Crippen LogP contribution in [0, 0.1) is 6.92 Å². The van der Waals surface area contributed by atoms with Gasteiger partial charge in [-0.05, 0) is 36.8 Å². The molecule has 1 amide bonds. The van der Waals surface area contributed by atoms with Gasteiger partial charge in [-0.15, -0.1) is 0 Å². The molecular weight excluding hydrogens is 350 g/mol. The number of nitrogens with zero attached hydrogens (tertiary/aromatic N) is 2. The van der Waals surface area contributed by atoms with Gasteiger partial charge in [0.2, 0.25) is 5.91 Å². The Morgan fingerprint density at radius 1 is 1.14 bits per heavy atom. The molecule has 1 N–H and O–H groups in total. The summed E-state index contributed by atoms with van der Waals surface area (Å²) in [5.74, 6) is 0.820. The smallest absolute Gasteiger partial charge is 0.224 e. The molecule has 4 aromatic rings. The first-order valence-electron chi connectivity index (χ1n) is 9.35. The first-order chi connectivity index (χ1) is 13.5. The maximum absolute atomic E-state index is 11.6. The number of benzene rings is 2. The Labute approximate surface area is 164 Å². The first kappa shape index (κ1) is 18.0. The third-order valence-corrected chi connectivity index (χ3v) is 5.21. The topological polar surface area (TPSA) is 56.2 Å². The summed E-state index contributed by atoms with van der Waals surface area (Å²) in [6.07, 6.45) is 2.31. The number of pyridine rings is 1. The predicted octanol–water partition coefficient (Wildman–Crippen LogP) is 5.06. The zero-order chi connectivity index (χ0) is 19.8. The van der Waals surface area contributed by atoms with Crippen LogP contribution in [0.15, 0.2) is 48.7 Å². The zero-order valence-corrected chi connectivity index (χ0v) is 16.5. The Bertz CT molecular complexity index is 1190. The molecule has 0 saturated heterocycles. The van der Waals surface area contributed by atoms with Crippen LogP contribution in [-0.2, 0) is 11.8 Å². The number of methoxy groups -OCH3 is 1. The molecule has 0 spiro atoms. The SMILES string of the molecule is CCC(=O)Nc1ccc(-c2cc3c4ccnc(C)c4n(C)c3cc2OC)cc1. The molecule has 4 rings (SSSR count). The fourth-order valence-corrected chi connectivity index (χ4v) is 3.76. The first-order valence-corrected chi connectivity index (χ1v) is 9.35. The lowest BCUT2D eigenvalue weighted by atomic mass is 10.0. The summed E-state index contributed by atoms with van der Waals surface area (Å²) < 4.78 is 7.87. The molecule has 0 aliphatic rings. The monoisotopic (exact) mass is 373 g/mol. The van der Waals surface area contributed by atoms with Gasteiger partial charge in [-0.2, -0.15) is 0 Å². The van der Waals surface area contributed by atoms with Crippen LogP contribution in [0.25, 0.3) is 32.9 Å². The molecule has 2 heterocycles. The molecular formula is C23H23N3O2. The number of hydrogen-bond donors (Lipinski definition) is 1. The summed E-state index contributed by atoms with van der Waals surface area (Å²) in [5, 5.41) is 5.23. The normalized spacial score (nSPS) is 11.1. The summed E-state index contributed by atoms with van der Waals surface area (Å²) in [4.78, 5) is 16.0. The highest BCUT2D eigenvalue weighted by molar-refractivity contribution is 6.10. The van der Waals surface area contributed by atoms with Gasteiger partial charge in [0.1, 0.15) is 5.75 Å². The van der Waals surface area contributed by atoms with Crippen molar-refractivity contribution in [1.82, 2.24) is 9.55 Å². The number of ether oxygens (including phenoxy) is 1. The lowest BCUT2D eigenvalue weighted by Gasteiger charge is -2.11. The van der Waals surface area contributed by atoms with Gasteiger partial charge in [0.05, 0.1) is 23.8 Å². The average molecular weight is 373 g/mol. The molecule has 0 saturated carbocycles. The number of fused-ring (bicyclic) bond motifs is 3. The van der Waals surface area contributed by atoms with Gasteiger partial charge in [0.15, 0.2) is 0 Å². The lowest BCUT2D eigenvalue weighted by Crippen LogP contribution is -2.09. The van der Waals surface area contributed by atoms with E-state index in [1.54, 1.807) is 7.11 Å². The molecule has 28 heavy (non-hydrogen) atoms. The van der Waals surface area contributed by atoms with Crippen molar-refractivity contribution in [2.24, 2.45) is 7.05 Å². The number of amides is 1. The highest BCUT2D eigenvalue weighted by Gasteiger charge is 2.15. The van der Waals surface area contributed by atoms with Gasteiger partial charge in [0, 0.05) is 47.8 Å². The van der Waals surface area contributed by atoms with Gasteiger partial charge in [-0.25, -0.2) is 0 Å². The van der Waals surface area contributed by atoms with E-state index in [1.165, 1.54) is 10.8 Å². The van der Waals surface area contributed by atoms with E-state index in [4.69, 9.17) is 4.74 Å². The van der Waals surface area contributed by atoms with Gasteiger partial charge < -0.3 is 14.6 Å². The Kier molecular flexibility index (Phi) is 4.51. The standard InChI is InChI=1S/C23H23N3O2/c1-5-22(27)25-16-8-6-15(7-9-16)18-12-19-17-10-11-24-14(2)23(17)26(3)20(19)13-21(18)28-4/h6-13H,5H2,1-4H3,(H,25,27). The number of anilines is 1. The van der Waals surface area contributed by atoms with Crippen molar-refractivity contribution in [3.05, 3.63) is 54.4 Å². The Hall–Kier alpha value is -3.34. The second-order valence-corrected chi connectivity index (χ2v) is 6.90. The number of carbonyl (C=O) groups is 1. The molecule has 0 aliphatic heterocycles. The van der Waals surface area contributed by atoms with E-state index in [2.05, 4.69) is 40.1 Å². The fourth-order valence-electron chi connectivity index (χ4n) is 3.76. The van der Waals surface area contributed by atoms with Crippen molar-refractivity contribution >= 4 is 33.4 Å². The van der Waals surface area contributed by atoms with Gasteiger partial charge in [-0.1, -0.05) is 19.1 Å². The summed E-state index contributed by atoms with van der Waals surface area (Å²) in [6, 6.07) is 14.2. The summed E-state index contributed by atoms with van der Waals surface area (Å²) in [7, 11) is 3.75. The molecule has 2 aromatic heterocycles. The van der Waals surface area contributed by atoms with Crippen LogP contribution in [-0.4, -0.2) is 22.6 Å². The van der Waals surface area contributed by atoms with Crippen molar-refractivity contribution in [2.45, 2.75) is 20.3 Å². The number of rotatable bonds is 4. The zero-order valence-electron chi connectivity index (χ0n) is 16.5. The van der Waals surface area contributed by atoms with E-state index in [1.807, 2.05) is 44.3 Å². The number of aromatic nitrogens is 2. The van der Waals surface area contributed by atoms with Crippen LogP contribution in [0.5, 0.6) is 5.75 Å². The Morgan fingerprint density at radius 2 is 1.89 bits per heavy atom. The maximum atomic E-state index is 11.6. The minimum atomic E-state index is 0.00600. The molecule has 0 aliphatic carbocycles. The van der Waals surface area contributed by atoms with Crippen molar-refractivity contribution in [3.63, 3.8) is 0 Å². The van der Waals surface area contributed by atoms with Gasteiger partial charge in [-0.3, -0.25) is 9.78 Å². The van der Waals surface area contributed by atoms with Crippen molar-refractivity contribution in [3.8, 4) is 16.9 Å². The van der Waals surface area contributed by atoms with Crippen molar-refractivity contribution in [1.29, 1.82) is 0 Å². The third kappa shape index (κ3) is 2.89. The summed E-state index contributed by atoms with van der Waals surface area (Å²) >= 11 is 0. The number of hydrogen-bond acceptors (Lipinski definition) is 3. The largest absolute Gasteiger partial charge is 0.496 e. The molecule has 5 nitrogen and oxygen atoms in total. The average Bonchev–Trinajstić information content (AvgIpc) is 3.00. The molecule has 2 aromatic carbocycles. The van der Waals surface area contributed by atoms with Crippen LogP contribution in [0.2, 0.25) is 0 Å². The number of carbonyl (C=O) groups excluding carboxylic acids is 1. The van der Waals surface area contributed by atoms with Crippen LogP contribution >= 0.6 is 0 Å². The molecule has 0 bridgehead atoms. The van der Waals surface area contributed by atoms with Crippen LogP contribution in [0.4, 0.5) is 5.69 Å². The number of aryl methyl sites for hydroxylation is 2. The van der Waals surface area contributed by atoms with Gasteiger partial charge in [0.25, 0.3) is 0 Å². The molecule has 142 valence electrons. The highest BCUT2D eigenvalue weighted by Crippen LogP contribution is 2.38. The van der Waals surface area contributed by atoms with E-state index in [-0.39, 0.29) is 5.91 Å². The quantitative estimate of drug-likeness (QED) is 0.544. The van der Waals surface area contributed by atoms with Crippen LogP contribution in [0.1, 0.15) is 19.0 Å². The summed E-state index contributed by atoms with van der Waals surface area (Å²) in [5.41, 5.74) is 6.10. The van der Waals surface area contributed by atoms with Gasteiger partial charge >= 0.3 is 0 Å². The minimum Gasteiger partial charge on any atom is -0.496 e. The van der Waals surface area contributed by atoms with E-state index in [0.717, 1.165) is 39.3 Å². The van der Waals surface area contributed by atoms with Crippen molar-refractivity contribution < 1.29 is 9.53 Å². The molecule has 0 atom stereocenters. The molecule has 5 heteroatoms. The predicted molar refractivity (Wildman–Crippen MR) is 114 cm³/mol. The number of nitrogens with one attached hydrogen (secondary N) is 1. The second kappa shape index (κ2) is 7.00. The summed E-state index contributed by atoms with van der Waals surface area (Å²) in [6.45, 7) is 3.87. The molecule has 0 radical (unpaired) electrons.